The monoisotopic (exact) mass is 432 g/mol. The van der Waals surface area contributed by atoms with Crippen molar-refractivity contribution in [1.29, 1.82) is 0 Å². The number of amides is 1. The van der Waals surface area contributed by atoms with Gasteiger partial charge >= 0.3 is 6.18 Å². The van der Waals surface area contributed by atoms with Crippen molar-refractivity contribution in [3.63, 3.8) is 0 Å². The molecule has 3 N–H and O–H groups in total. The van der Waals surface area contributed by atoms with Crippen LogP contribution in [0.3, 0.4) is 0 Å². The lowest BCUT2D eigenvalue weighted by Gasteiger charge is -2.26. The van der Waals surface area contributed by atoms with Crippen molar-refractivity contribution in [2.24, 2.45) is 5.73 Å². The highest BCUT2D eigenvalue weighted by molar-refractivity contribution is 5.92. The van der Waals surface area contributed by atoms with E-state index in [2.05, 4.69) is 10.4 Å². The van der Waals surface area contributed by atoms with Crippen molar-refractivity contribution in [2.45, 2.75) is 45.3 Å². The van der Waals surface area contributed by atoms with Gasteiger partial charge in [-0.05, 0) is 31.9 Å². The van der Waals surface area contributed by atoms with Gasteiger partial charge in [0.15, 0.2) is 5.69 Å². The van der Waals surface area contributed by atoms with E-state index in [1.807, 2.05) is 13.8 Å². The number of aryl methyl sites for hydroxylation is 1. The number of halogens is 4. The van der Waals surface area contributed by atoms with E-state index in [0.717, 1.165) is 16.8 Å². The molecule has 0 radical (unpaired) electrons. The molecule has 0 spiro atoms. The number of rotatable bonds is 6. The van der Waals surface area contributed by atoms with Gasteiger partial charge in [0.05, 0.1) is 11.3 Å². The van der Waals surface area contributed by atoms with Crippen LogP contribution >= 0.6 is 12.4 Å². The summed E-state index contributed by atoms with van der Waals surface area (Å²) in [4.78, 5) is 24.7. The first-order valence-electron chi connectivity index (χ1n) is 8.87. The Morgan fingerprint density at radius 2 is 1.79 bits per heavy atom. The van der Waals surface area contributed by atoms with E-state index in [1.54, 1.807) is 0 Å². The number of nitrogens with one attached hydrogen (secondary N) is 1. The van der Waals surface area contributed by atoms with Gasteiger partial charge in [-0.3, -0.25) is 9.59 Å². The van der Waals surface area contributed by atoms with Crippen LogP contribution in [0.25, 0.3) is 5.69 Å². The Labute approximate surface area is 172 Å². The largest absolute Gasteiger partial charge is 0.418 e. The summed E-state index contributed by atoms with van der Waals surface area (Å²) in [5.41, 5.74) is 3.32. The number of hydrogen-bond acceptors (Lipinski definition) is 4. The molecule has 1 aromatic carbocycles. The molecule has 0 saturated carbocycles. The van der Waals surface area contributed by atoms with E-state index in [4.69, 9.17) is 5.73 Å². The van der Waals surface area contributed by atoms with Crippen LogP contribution in [0.4, 0.5) is 13.2 Å². The fraction of sp³-hybridized carbons (Fsp3) is 0.421. The summed E-state index contributed by atoms with van der Waals surface area (Å²) >= 11 is 0. The molecular weight excluding hydrogens is 409 g/mol. The smallest absolute Gasteiger partial charge is 0.349 e. The van der Waals surface area contributed by atoms with Gasteiger partial charge in [0.2, 0.25) is 5.43 Å². The molecule has 0 saturated heterocycles. The molecule has 0 aliphatic carbocycles. The van der Waals surface area contributed by atoms with Crippen molar-refractivity contribution in [3.8, 4) is 5.69 Å². The number of para-hydroxylation sites is 1. The SMILES string of the molecule is CCC(N)(CC)CNC(=O)c1nn(-c2ccccc2C(F)(F)F)c(C)cc1=O.Cl. The molecule has 10 heteroatoms. The van der Waals surface area contributed by atoms with E-state index in [1.165, 1.54) is 25.1 Å². The molecule has 1 aromatic heterocycles. The average Bonchev–Trinajstić information content (AvgIpc) is 2.65. The maximum absolute atomic E-state index is 13.3. The number of alkyl halides is 3. The minimum atomic E-state index is -4.61. The Balaban J connectivity index is 0.00000420. The van der Waals surface area contributed by atoms with Crippen molar-refractivity contribution >= 4 is 18.3 Å². The topological polar surface area (TPSA) is 90.0 Å². The summed E-state index contributed by atoms with van der Waals surface area (Å²) in [5.74, 6) is -0.778. The summed E-state index contributed by atoms with van der Waals surface area (Å²) < 4.78 is 41.0. The first-order valence-corrected chi connectivity index (χ1v) is 8.87. The maximum atomic E-state index is 13.3. The minimum Gasteiger partial charge on any atom is -0.349 e. The van der Waals surface area contributed by atoms with Crippen molar-refractivity contribution in [1.82, 2.24) is 15.1 Å². The van der Waals surface area contributed by atoms with E-state index < -0.39 is 34.3 Å². The molecule has 0 fully saturated rings. The lowest BCUT2D eigenvalue weighted by molar-refractivity contribution is -0.137. The fourth-order valence-electron chi connectivity index (χ4n) is 2.69. The Bertz CT molecular complexity index is 924. The van der Waals surface area contributed by atoms with E-state index in [0.29, 0.717) is 12.8 Å². The van der Waals surface area contributed by atoms with Gasteiger partial charge in [-0.25, -0.2) is 4.68 Å². The third kappa shape index (κ3) is 5.57. The van der Waals surface area contributed by atoms with Crippen molar-refractivity contribution in [2.75, 3.05) is 6.54 Å². The highest BCUT2D eigenvalue weighted by atomic mass is 35.5. The zero-order valence-corrected chi connectivity index (χ0v) is 17.2. The molecule has 0 atom stereocenters. The summed E-state index contributed by atoms with van der Waals surface area (Å²) in [5, 5.41) is 6.48. The van der Waals surface area contributed by atoms with Gasteiger partial charge in [-0.2, -0.15) is 18.3 Å². The molecule has 0 unspecified atom stereocenters. The number of carbonyl (C=O) groups is 1. The summed E-state index contributed by atoms with van der Waals surface area (Å²) in [6.07, 6.45) is -3.40. The van der Waals surface area contributed by atoms with Crippen LogP contribution in [0.2, 0.25) is 0 Å². The number of aromatic nitrogens is 2. The van der Waals surface area contributed by atoms with Crippen LogP contribution in [-0.2, 0) is 6.18 Å². The standard InChI is InChI=1S/C19H23F3N4O2.ClH/c1-4-18(23,5-2)11-24-17(28)16-15(27)10-12(3)26(25-16)14-9-7-6-8-13(14)19(20,21)22;/h6-10H,4-5,11,23H2,1-3H3,(H,24,28);1H. The molecule has 0 aliphatic rings. The van der Waals surface area contributed by atoms with Gasteiger partial charge in [0.1, 0.15) is 0 Å². The van der Waals surface area contributed by atoms with Gasteiger partial charge in [-0.15, -0.1) is 12.4 Å². The van der Waals surface area contributed by atoms with Crippen LogP contribution in [0, 0.1) is 6.92 Å². The van der Waals surface area contributed by atoms with Gasteiger partial charge in [-0.1, -0.05) is 26.0 Å². The molecule has 2 rings (SSSR count). The average molecular weight is 433 g/mol. The Kier molecular flexibility index (Phi) is 7.99. The van der Waals surface area contributed by atoms with Crippen LogP contribution < -0.4 is 16.5 Å². The first-order chi connectivity index (χ1) is 13.0. The maximum Gasteiger partial charge on any atom is 0.418 e. The number of benzene rings is 1. The van der Waals surface area contributed by atoms with E-state index in [-0.39, 0.29) is 30.3 Å². The fourth-order valence-corrected chi connectivity index (χ4v) is 2.69. The second-order valence-electron chi connectivity index (χ2n) is 6.68. The highest BCUT2D eigenvalue weighted by Gasteiger charge is 2.34. The molecule has 1 heterocycles. The number of carbonyl (C=O) groups excluding carboxylic acids is 1. The second-order valence-corrected chi connectivity index (χ2v) is 6.68. The lowest BCUT2D eigenvalue weighted by atomic mass is 9.94. The predicted octanol–water partition coefficient (Wildman–Crippen LogP) is 3.23. The molecule has 2 aromatic rings. The third-order valence-electron chi connectivity index (χ3n) is 4.77. The first kappa shape index (κ1) is 24.6. The Morgan fingerprint density at radius 3 is 2.34 bits per heavy atom. The van der Waals surface area contributed by atoms with Gasteiger partial charge in [0.25, 0.3) is 5.91 Å². The summed E-state index contributed by atoms with van der Waals surface area (Å²) in [6, 6.07) is 5.92. The Hall–Kier alpha value is -2.39. The third-order valence-corrected chi connectivity index (χ3v) is 4.77. The van der Waals surface area contributed by atoms with Gasteiger partial charge < -0.3 is 11.1 Å². The molecular formula is C19H24ClF3N4O2. The molecule has 0 bridgehead atoms. The van der Waals surface area contributed by atoms with Crippen LogP contribution in [0.1, 0.15) is 48.4 Å². The predicted molar refractivity (Wildman–Crippen MR) is 107 cm³/mol. The summed E-state index contributed by atoms with van der Waals surface area (Å²) in [7, 11) is 0. The number of nitrogens with zero attached hydrogens (tertiary/aromatic N) is 2. The van der Waals surface area contributed by atoms with Crippen LogP contribution in [0.5, 0.6) is 0 Å². The highest BCUT2D eigenvalue weighted by Crippen LogP contribution is 2.33. The molecule has 29 heavy (non-hydrogen) atoms. The van der Waals surface area contributed by atoms with Crippen LogP contribution in [-0.4, -0.2) is 27.8 Å². The van der Waals surface area contributed by atoms with Gasteiger partial charge in [0, 0.05) is 23.8 Å². The van der Waals surface area contributed by atoms with Crippen molar-refractivity contribution < 1.29 is 18.0 Å². The van der Waals surface area contributed by atoms with E-state index in [9.17, 15) is 22.8 Å². The number of hydrogen-bond donors (Lipinski definition) is 2. The Morgan fingerprint density at radius 1 is 1.21 bits per heavy atom. The molecule has 0 aliphatic heterocycles. The van der Waals surface area contributed by atoms with Crippen molar-refractivity contribution in [3.05, 3.63) is 57.5 Å². The molecule has 6 nitrogen and oxygen atoms in total. The minimum absolute atomic E-state index is 0. The molecule has 160 valence electrons. The summed E-state index contributed by atoms with van der Waals surface area (Å²) in [6.45, 7) is 5.32. The lowest BCUT2D eigenvalue weighted by Crippen LogP contribution is -2.50. The zero-order valence-electron chi connectivity index (χ0n) is 16.3. The van der Waals surface area contributed by atoms with E-state index >= 15 is 0 Å². The zero-order chi connectivity index (χ0) is 21.1. The normalized spacial score (nSPS) is 11.7. The number of nitrogens with two attached hydrogens (primary N) is 1. The quantitative estimate of drug-likeness (QED) is 0.733. The van der Waals surface area contributed by atoms with Crippen LogP contribution in [0.15, 0.2) is 35.1 Å². The second kappa shape index (κ2) is 9.41. The molecule has 1 amide bonds.